The Bertz CT molecular complexity index is 1730. The fraction of sp³-hybridized carbons (Fsp3) is 0.364. The average Bonchev–Trinajstić information content (AvgIpc) is 3.16. The number of nitrogens with zero attached hydrogens (tertiary/aromatic N) is 2. The summed E-state index contributed by atoms with van der Waals surface area (Å²) in [6.07, 6.45) is 2.96. The highest BCUT2D eigenvalue weighted by molar-refractivity contribution is 6.03. The molecule has 1 atom stereocenters. The Morgan fingerprint density at radius 2 is 0.981 bits per heavy atom. The molecule has 4 saturated carbocycles. The van der Waals surface area contributed by atoms with Gasteiger partial charge in [-0.25, -0.2) is 19.4 Å². The summed E-state index contributed by atoms with van der Waals surface area (Å²) in [5, 5.41) is 2.08. The topological polar surface area (TPSA) is 102 Å². The van der Waals surface area contributed by atoms with Crippen LogP contribution in [0.1, 0.15) is 86.3 Å². The van der Waals surface area contributed by atoms with Crippen molar-refractivity contribution in [3.8, 4) is 0 Å². The van der Waals surface area contributed by atoms with Crippen LogP contribution < -0.4 is 0 Å². The second kappa shape index (κ2) is 14.5. The molecule has 1 saturated heterocycles. The number of ether oxygens (including phenoxy) is 3. The minimum atomic E-state index is -1.99. The lowest BCUT2D eigenvalue weighted by Crippen LogP contribution is -2.68. The number of benzene rings is 4. The fourth-order valence-corrected chi connectivity index (χ4v) is 9.43. The molecule has 0 aromatic heterocycles. The van der Waals surface area contributed by atoms with E-state index in [0.717, 1.165) is 43.5 Å². The van der Waals surface area contributed by atoms with E-state index in [2.05, 4.69) is 0 Å². The van der Waals surface area contributed by atoms with Gasteiger partial charge in [0, 0.05) is 0 Å². The van der Waals surface area contributed by atoms with Crippen molar-refractivity contribution in [3.63, 3.8) is 0 Å². The minimum Gasteiger partial charge on any atom is -0.451 e. The van der Waals surface area contributed by atoms with Gasteiger partial charge in [-0.2, -0.15) is 5.01 Å². The Labute approximate surface area is 309 Å². The molecule has 1 heterocycles. The van der Waals surface area contributed by atoms with Gasteiger partial charge in [0.15, 0.2) is 12.2 Å². The number of esters is 2. The van der Waals surface area contributed by atoms with E-state index >= 15 is 0 Å². The highest BCUT2D eigenvalue weighted by Gasteiger charge is 2.56. The second-order valence-electron chi connectivity index (χ2n) is 15.3. The monoisotopic (exact) mass is 712 g/mol. The molecule has 53 heavy (non-hydrogen) atoms. The molecule has 2 amide bonds. The van der Waals surface area contributed by atoms with E-state index in [9.17, 15) is 19.2 Å². The Hall–Kier alpha value is -5.44. The lowest BCUT2D eigenvalue weighted by Gasteiger charge is -2.56. The molecule has 9 rings (SSSR count). The molecule has 0 radical (unpaired) electrons. The zero-order valence-electron chi connectivity index (χ0n) is 29.8. The molecule has 9 heteroatoms. The lowest BCUT2D eigenvalue weighted by atomic mass is 9.54. The van der Waals surface area contributed by atoms with Crippen LogP contribution in [-0.4, -0.2) is 51.6 Å². The van der Waals surface area contributed by atoms with Crippen molar-refractivity contribution >= 4 is 23.9 Å². The van der Waals surface area contributed by atoms with E-state index in [-0.39, 0.29) is 6.42 Å². The quantitative estimate of drug-likeness (QED) is 0.0673. The first kappa shape index (κ1) is 34.6. The normalized spacial score (nSPS) is 24.2. The van der Waals surface area contributed by atoms with Crippen molar-refractivity contribution < 1.29 is 33.4 Å². The molecule has 0 N–H and O–H groups in total. The molecule has 5 fully saturated rings. The van der Waals surface area contributed by atoms with E-state index in [1.165, 1.54) is 5.01 Å². The molecule has 9 nitrogen and oxygen atoms in total. The van der Waals surface area contributed by atoms with E-state index in [0.29, 0.717) is 40.0 Å². The molecule has 1 aliphatic heterocycles. The van der Waals surface area contributed by atoms with Crippen LogP contribution in [0.25, 0.3) is 0 Å². The van der Waals surface area contributed by atoms with Gasteiger partial charge in [0.1, 0.15) is 5.60 Å². The number of hydrazine groups is 1. The van der Waals surface area contributed by atoms with Gasteiger partial charge in [0.05, 0.1) is 12.5 Å². The number of carbonyl (C=O) groups excluding carboxylic acids is 4. The molecule has 0 spiro atoms. The van der Waals surface area contributed by atoms with Crippen LogP contribution in [0.3, 0.4) is 0 Å². The van der Waals surface area contributed by atoms with Gasteiger partial charge in [-0.05, 0) is 85.5 Å². The first-order valence-corrected chi connectivity index (χ1v) is 18.7. The van der Waals surface area contributed by atoms with Gasteiger partial charge in [-0.3, -0.25) is 4.79 Å². The van der Waals surface area contributed by atoms with Crippen LogP contribution in [0.2, 0.25) is 0 Å². The molecule has 4 aromatic carbocycles. The Morgan fingerprint density at radius 3 is 1.30 bits per heavy atom. The first-order chi connectivity index (χ1) is 25.8. The van der Waals surface area contributed by atoms with Gasteiger partial charge < -0.3 is 14.2 Å². The second-order valence-corrected chi connectivity index (χ2v) is 15.3. The zero-order valence-corrected chi connectivity index (χ0v) is 29.8. The highest BCUT2D eigenvalue weighted by atomic mass is 16.6. The summed E-state index contributed by atoms with van der Waals surface area (Å²) in [7, 11) is 0. The molecule has 4 aromatic rings. The van der Waals surface area contributed by atoms with Crippen LogP contribution in [-0.2, 0) is 28.6 Å². The number of rotatable bonds is 11. The predicted molar refractivity (Wildman–Crippen MR) is 196 cm³/mol. The van der Waals surface area contributed by atoms with Crippen molar-refractivity contribution in [2.24, 2.45) is 17.8 Å². The smallest absolute Gasteiger partial charge is 0.430 e. The van der Waals surface area contributed by atoms with E-state index in [4.69, 9.17) is 14.2 Å². The largest absolute Gasteiger partial charge is 0.451 e. The maximum atomic E-state index is 14.9. The first-order valence-electron chi connectivity index (χ1n) is 18.7. The molecule has 4 aliphatic carbocycles. The van der Waals surface area contributed by atoms with E-state index in [1.54, 1.807) is 6.92 Å². The third-order valence-electron chi connectivity index (χ3n) is 11.4. The van der Waals surface area contributed by atoms with E-state index < -0.39 is 53.8 Å². The third kappa shape index (κ3) is 7.04. The number of hydrogen-bond acceptors (Lipinski definition) is 7. The van der Waals surface area contributed by atoms with Gasteiger partial charge in [-0.1, -0.05) is 121 Å². The zero-order chi connectivity index (χ0) is 36.5. The number of carbonyl (C=O) groups is 4. The maximum absolute atomic E-state index is 14.9. The number of β-lactam (4-membered cyclic amide) rings is 1. The maximum Gasteiger partial charge on any atom is 0.430 e. The summed E-state index contributed by atoms with van der Waals surface area (Å²) in [6, 6.07) is 34.3. The van der Waals surface area contributed by atoms with Crippen molar-refractivity contribution in [3.05, 3.63) is 144 Å². The summed E-state index contributed by atoms with van der Waals surface area (Å²) in [4.78, 5) is 57.9. The minimum absolute atomic E-state index is 0.144. The van der Waals surface area contributed by atoms with Gasteiger partial charge in [0.25, 0.3) is 6.04 Å². The highest BCUT2D eigenvalue weighted by Crippen LogP contribution is 2.57. The molecular weight excluding hydrogens is 668 g/mol. The molecule has 5 aliphatic rings. The lowest BCUT2D eigenvalue weighted by molar-refractivity contribution is -0.200. The SMILES string of the molecule is CC1CC(=O)N1N(C(=O)OC12CC3CC(CC(C3)C1)C2)C(C(=O)OC(c1ccccc1)c1ccccc1)C(=O)OC(c1ccccc1)c1ccccc1. The average molecular weight is 713 g/mol. The van der Waals surface area contributed by atoms with E-state index in [1.807, 2.05) is 121 Å². The number of hydrogen-bond donors (Lipinski definition) is 0. The number of amides is 2. The molecule has 1 unspecified atom stereocenters. The van der Waals surface area contributed by atoms with Crippen LogP contribution in [0.15, 0.2) is 121 Å². The summed E-state index contributed by atoms with van der Waals surface area (Å²) in [5.41, 5.74) is 1.96. The van der Waals surface area contributed by atoms with Crippen LogP contribution in [0, 0.1) is 17.8 Å². The summed E-state index contributed by atoms with van der Waals surface area (Å²) in [5.74, 6) is -1.09. The third-order valence-corrected chi connectivity index (χ3v) is 11.4. The Kier molecular flexibility index (Phi) is 9.49. The van der Waals surface area contributed by atoms with Gasteiger partial charge in [-0.15, -0.1) is 0 Å². The van der Waals surface area contributed by atoms with Crippen LogP contribution in [0.4, 0.5) is 4.79 Å². The summed E-state index contributed by atoms with van der Waals surface area (Å²) >= 11 is 0. The summed E-state index contributed by atoms with van der Waals surface area (Å²) < 4.78 is 19.0. The molecular formula is C44H44N2O7. The predicted octanol–water partition coefficient (Wildman–Crippen LogP) is 7.96. The van der Waals surface area contributed by atoms with Crippen LogP contribution >= 0.6 is 0 Å². The van der Waals surface area contributed by atoms with Crippen molar-refractivity contribution in [1.82, 2.24) is 10.0 Å². The Morgan fingerprint density at radius 1 is 0.623 bits per heavy atom. The van der Waals surface area contributed by atoms with Gasteiger partial charge in [0.2, 0.25) is 5.91 Å². The fourth-order valence-electron chi connectivity index (χ4n) is 9.43. The van der Waals surface area contributed by atoms with Crippen molar-refractivity contribution in [2.45, 2.75) is 81.8 Å². The summed E-state index contributed by atoms with van der Waals surface area (Å²) in [6.45, 7) is 1.77. The van der Waals surface area contributed by atoms with Crippen LogP contribution in [0.5, 0.6) is 0 Å². The standard InChI is InChI=1S/C44H44N2O7/c1-29-22-37(47)45(29)46(43(50)53-44-26-30-23-31(27-44)25-32(24-30)28-44)38(41(48)51-39(33-14-6-2-7-15-33)34-16-8-3-9-17-34)42(49)52-40(35-18-10-4-11-19-35)36-20-12-5-13-21-36/h2-21,29-32,38-40H,22-28H2,1H3. The van der Waals surface area contributed by atoms with Crippen molar-refractivity contribution in [2.75, 3.05) is 0 Å². The van der Waals surface area contributed by atoms with Crippen molar-refractivity contribution in [1.29, 1.82) is 0 Å². The Balaban J connectivity index is 1.19. The molecule has 4 bridgehead atoms. The van der Waals surface area contributed by atoms with Gasteiger partial charge >= 0.3 is 18.0 Å². The molecule has 272 valence electrons.